The van der Waals surface area contributed by atoms with Crippen molar-refractivity contribution in [1.29, 1.82) is 0 Å². The van der Waals surface area contributed by atoms with Gasteiger partial charge in [-0.2, -0.15) is 0 Å². The van der Waals surface area contributed by atoms with Gasteiger partial charge in [0, 0.05) is 23.7 Å². The summed E-state index contributed by atoms with van der Waals surface area (Å²) in [5.41, 5.74) is 1.07. The van der Waals surface area contributed by atoms with Gasteiger partial charge in [-0.3, -0.25) is 9.59 Å². The van der Waals surface area contributed by atoms with Crippen LogP contribution in [0, 0.1) is 0 Å². The topological polar surface area (TPSA) is 79.3 Å². The summed E-state index contributed by atoms with van der Waals surface area (Å²) in [5.74, 6) is -0.597. The maximum atomic E-state index is 13.1. The van der Waals surface area contributed by atoms with E-state index in [0.717, 1.165) is 0 Å². The second kappa shape index (κ2) is 10.3. The van der Waals surface area contributed by atoms with E-state index in [-0.39, 0.29) is 17.4 Å². The van der Waals surface area contributed by atoms with Crippen LogP contribution >= 0.6 is 11.6 Å². The van der Waals surface area contributed by atoms with Gasteiger partial charge in [-0.25, -0.2) is 0 Å². The Morgan fingerprint density at radius 1 is 1.12 bits per heavy atom. The number of likely N-dealkylation sites (tertiary alicyclic amines) is 1. The zero-order chi connectivity index (χ0) is 24.3. The second-order valence-corrected chi connectivity index (χ2v) is 8.82. The number of halogens is 1. The molecule has 1 saturated heterocycles. The van der Waals surface area contributed by atoms with Crippen LogP contribution in [0.5, 0.6) is 11.5 Å². The Bertz CT molecular complexity index is 1060. The van der Waals surface area contributed by atoms with E-state index in [1.807, 2.05) is 32.8 Å². The van der Waals surface area contributed by atoms with Crippen LogP contribution in [-0.2, 0) is 9.59 Å². The fraction of sp³-hybridized carbons (Fsp3) is 0.360. The minimum absolute atomic E-state index is 0.0284. The van der Waals surface area contributed by atoms with E-state index in [9.17, 15) is 14.7 Å². The SMILES string of the molecule is COc1cc(C2/C(=C(/O)c3ccc(Cl)cc3)C(=O)C(=O)N2CCN(C)C)ccc1OC(C)C. The van der Waals surface area contributed by atoms with Crippen molar-refractivity contribution < 1.29 is 24.2 Å². The average molecular weight is 473 g/mol. The lowest BCUT2D eigenvalue weighted by molar-refractivity contribution is -0.140. The average Bonchev–Trinajstić information content (AvgIpc) is 3.02. The first-order chi connectivity index (χ1) is 15.6. The molecule has 176 valence electrons. The summed E-state index contributed by atoms with van der Waals surface area (Å²) in [5, 5.41) is 11.6. The molecule has 1 atom stereocenters. The number of ketones is 1. The van der Waals surface area contributed by atoms with Gasteiger partial charge in [0.2, 0.25) is 0 Å². The summed E-state index contributed by atoms with van der Waals surface area (Å²) < 4.78 is 11.3. The molecule has 2 aromatic rings. The molecular formula is C25H29ClN2O5. The van der Waals surface area contributed by atoms with Gasteiger partial charge in [0.15, 0.2) is 11.5 Å². The fourth-order valence-corrected chi connectivity index (χ4v) is 3.86. The number of methoxy groups -OCH3 is 1. The number of carbonyl (C=O) groups excluding carboxylic acids is 2. The number of aliphatic hydroxyl groups excluding tert-OH is 1. The van der Waals surface area contributed by atoms with Crippen molar-refractivity contribution in [2.75, 3.05) is 34.3 Å². The first-order valence-corrected chi connectivity index (χ1v) is 11.1. The Kier molecular flexibility index (Phi) is 7.66. The molecule has 1 aliphatic heterocycles. The first kappa shape index (κ1) is 24.6. The van der Waals surface area contributed by atoms with Crippen molar-refractivity contribution in [2.45, 2.75) is 26.0 Å². The number of carbonyl (C=O) groups is 2. The summed E-state index contributed by atoms with van der Waals surface area (Å²) in [6.07, 6.45) is -0.0552. The predicted octanol–water partition coefficient (Wildman–Crippen LogP) is 4.12. The zero-order valence-corrected chi connectivity index (χ0v) is 20.2. The van der Waals surface area contributed by atoms with Crippen LogP contribution in [0.2, 0.25) is 5.02 Å². The highest BCUT2D eigenvalue weighted by Crippen LogP contribution is 2.42. The van der Waals surface area contributed by atoms with Crippen molar-refractivity contribution >= 4 is 29.1 Å². The van der Waals surface area contributed by atoms with Crippen LogP contribution in [0.4, 0.5) is 0 Å². The molecule has 33 heavy (non-hydrogen) atoms. The third-order valence-corrected chi connectivity index (χ3v) is 5.56. The lowest BCUT2D eigenvalue weighted by Crippen LogP contribution is -2.35. The van der Waals surface area contributed by atoms with E-state index in [0.29, 0.717) is 40.7 Å². The summed E-state index contributed by atoms with van der Waals surface area (Å²) in [4.78, 5) is 29.5. The zero-order valence-electron chi connectivity index (χ0n) is 19.5. The van der Waals surface area contributed by atoms with E-state index >= 15 is 0 Å². The van der Waals surface area contributed by atoms with E-state index in [1.165, 1.54) is 12.0 Å². The molecule has 1 N–H and O–H groups in total. The van der Waals surface area contributed by atoms with Gasteiger partial charge < -0.3 is 24.4 Å². The number of benzene rings is 2. The lowest BCUT2D eigenvalue weighted by Gasteiger charge is -2.27. The summed E-state index contributed by atoms with van der Waals surface area (Å²) in [6, 6.07) is 11.0. The Morgan fingerprint density at radius 3 is 2.36 bits per heavy atom. The van der Waals surface area contributed by atoms with Crippen molar-refractivity contribution in [1.82, 2.24) is 9.80 Å². The smallest absolute Gasteiger partial charge is 0.295 e. The number of hydrogen-bond donors (Lipinski definition) is 1. The summed E-state index contributed by atoms with van der Waals surface area (Å²) in [7, 11) is 5.31. The third-order valence-electron chi connectivity index (χ3n) is 5.31. The van der Waals surface area contributed by atoms with Gasteiger partial charge in [0.1, 0.15) is 5.76 Å². The minimum atomic E-state index is -0.775. The van der Waals surface area contributed by atoms with Crippen LogP contribution in [0.1, 0.15) is 31.0 Å². The number of ether oxygens (including phenoxy) is 2. The molecule has 1 aliphatic rings. The maximum absolute atomic E-state index is 13.1. The molecule has 7 nitrogen and oxygen atoms in total. The largest absolute Gasteiger partial charge is 0.507 e. The maximum Gasteiger partial charge on any atom is 0.295 e. The molecule has 0 aromatic heterocycles. The number of amides is 1. The van der Waals surface area contributed by atoms with Crippen LogP contribution < -0.4 is 9.47 Å². The lowest BCUT2D eigenvalue weighted by atomic mass is 9.95. The van der Waals surface area contributed by atoms with Gasteiger partial charge in [0.25, 0.3) is 11.7 Å². The number of hydrogen-bond acceptors (Lipinski definition) is 6. The molecule has 0 radical (unpaired) electrons. The first-order valence-electron chi connectivity index (χ1n) is 10.7. The molecule has 1 heterocycles. The van der Waals surface area contributed by atoms with Gasteiger partial charge in [-0.1, -0.05) is 17.7 Å². The van der Waals surface area contributed by atoms with Gasteiger partial charge in [-0.05, 0) is 69.9 Å². The minimum Gasteiger partial charge on any atom is -0.507 e. The predicted molar refractivity (Wildman–Crippen MR) is 128 cm³/mol. The van der Waals surface area contributed by atoms with Crippen molar-refractivity contribution in [2.24, 2.45) is 0 Å². The Hall–Kier alpha value is -3.03. The summed E-state index contributed by atoms with van der Waals surface area (Å²) in [6.45, 7) is 4.69. The molecule has 1 amide bonds. The number of rotatable bonds is 8. The molecule has 1 unspecified atom stereocenters. The highest BCUT2D eigenvalue weighted by molar-refractivity contribution is 6.46. The molecule has 1 fully saturated rings. The molecule has 0 spiro atoms. The molecule has 2 aromatic carbocycles. The second-order valence-electron chi connectivity index (χ2n) is 8.38. The number of Topliss-reactive ketones (excluding diaryl/α,β-unsaturated/α-hetero) is 1. The molecule has 8 heteroatoms. The van der Waals surface area contributed by atoms with E-state index in [2.05, 4.69) is 0 Å². The van der Waals surface area contributed by atoms with Crippen molar-refractivity contribution in [3.8, 4) is 11.5 Å². The third kappa shape index (κ3) is 5.31. The normalized spacial score (nSPS) is 17.8. The van der Waals surface area contributed by atoms with Gasteiger partial charge in [0.05, 0.1) is 24.8 Å². The highest BCUT2D eigenvalue weighted by Gasteiger charge is 2.46. The standard InChI is InChI=1S/C25H29ClN2O5/c1-15(2)33-19-11-8-17(14-20(19)32-5)22-21(23(29)16-6-9-18(26)10-7-16)24(30)25(31)28(22)13-12-27(3)4/h6-11,14-15,22,29H,12-13H2,1-5H3/b23-21-. The molecule has 0 saturated carbocycles. The fourth-order valence-electron chi connectivity index (χ4n) is 3.73. The van der Waals surface area contributed by atoms with Gasteiger partial charge in [-0.15, -0.1) is 0 Å². The summed E-state index contributed by atoms with van der Waals surface area (Å²) >= 11 is 5.97. The van der Waals surface area contributed by atoms with Crippen LogP contribution in [0.25, 0.3) is 5.76 Å². The quantitative estimate of drug-likeness (QED) is 0.353. The van der Waals surface area contributed by atoms with Crippen molar-refractivity contribution in [3.05, 3.63) is 64.2 Å². The highest BCUT2D eigenvalue weighted by atomic mass is 35.5. The van der Waals surface area contributed by atoms with E-state index < -0.39 is 17.7 Å². The number of nitrogens with zero attached hydrogens (tertiary/aromatic N) is 2. The van der Waals surface area contributed by atoms with Crippen LogP contribution in [0.3, 0.4) is 0 Å². The molecule has 0 bridgehead atoms. The van der Waals surface area contributed by atoms with Crippen LogP contribution in [-0.4, -0.2) is 67.0 Å². The monoisotopic (exact) mass is 472 g/mol. The molecular weight excluding hydrogens is 444 g/mol. The Morgan fingerprint density at radius 2 is 1.79 bits per heavy atom. The van der Waals surface area contributed by atoms with E-state index in [4.69, 9.17) is 21.1 Å². The Labute approximate surface area is 199 Å². The van der Waals surface area contributed by atoms with E-state index in [1.54, 1.807) is 42.5 Å². The Balaban J connectivity index is 2.16. The molecule has 3 rings (SSSR count). The number of aliphatic hydroxyl groups is 1. The van der Waals surface area contributed by atoms with Gasteiger partial charge >= 0.3 is 0 Å². The number of likely N-dealkylation sites (N-methyl/N-ethyl adjacent to an activating group) is 1. The molecule has 0 aliphatic carbocycles. The van der Waals surface area contributed by atoms with Crippen LogP contribution in [0.15, 0.2) is 48.0 Å². The van der Waals surface area contributed by atoms with Crippen molar-refractivity contribution in [3.63, 3.8) is 0 Å².